The molecule has 3 N–H and O–H groups in total. The number of anilines is 1. The Bertz CT molecular complexity index is 741. The SMILES string of the molecule is CCC1=NN(C(=O)c2ccc(N)cc2)C(O)(c2ccccc2)C1. The van der Waals surface area contributed by atoms with Crippen molar-refractivity contribution in [1.29, 1.82) is 0 Å². The molecule has 1 amide bonds. The highest BCUT2D eigenvalue weighted by molar-refractivity contribution is 5.98. The second-order valence-corrected chi connectivity index (χ2v) is 5.62. The maximum absolute atomic E-state index is 12.8. The number of benzene rings is 2. The monoisotopic (exact) mass is 309 g/mol. The van der Waals surface area contributed by atoms with E-state index in [1.807, 2.05) is 25.1 Å². The minimum absolute atomic E-state index is 0.314. The summed E-state index contributed by atoms with van der Waals surface area (Å²) in [6, 6.07) is 15.8. The van der Waals surface area contributed by atoms with Gasteiger partial charge in [0.1, 0.15) is 0 Å². The lowest BCUT2D eigenvalue weighted by Crippen LogP contribution is -2.43. The lowest BCUT2D eigenvalue weighted by Gasteiger charge is -2.31. The zero-order valence-corrected chi connectivity index (χ0v) is 12.9. The van der Waals surface area contributed by atoms with Crippen molar-refractivity contribution < 1.29 is 9.90 Å². The molecule has 0 saturated carbocycles. The van der Waals surface area contributed by atoms with Crippen molar-refractivity contribution in [2.24, 2.45) is 5.10 Å². The number of amides is 1. The predicted octanol–water partition coefficient (Wildman–Crippen LogP) is 2.73. The van der Waals surface area contributed by atoms with Gasteiger partial charge in [0.05, 0.1) is 0 Å². The summed E-state index contributed by atoms with van der Waals surface area (Å²) < 4.78 is 0. The van der Waals surface area contributed by atoms with Crippen LogP contribution in [0, 0.1) is 0 Å². The Morgan fingerprint density at radius 3 is 2.48 bits per heavy atom. The minimum atomic E-state index is -1.45. The van der Waals surface area contributed by atoms with Gasteiger partial charge in [-0.3, -0.25) is 4.79 Å². The van der Waals surface area contributed by atoms with E-state index in [4.69, 9.17) is 5.73 Å². The summed E-state index contributed by atoms with van der Waals surface area (Å²) in [5.41, 5.74) is 6.68. The molecule has 2 aromatic carbocycles. The van der Waals surface area contributed by atoms with Crippen molar-refractivity contribution in [2.45, 2.75) is 25.5 Å². The Kier molecular flexibility index (Phi) is 3.88. The highest BCUT2D eigenvalue weighted by Crippen LogP contribution is 2.36. The molecule has 1 aliphatic heterocycles. The summed E-state index contributed by atoms with van der Waals surface area (Å²) in [6.07, 6.45) is 0.995. The minimum Gasteiger partial charge on any atom is -0.399 e. The van der Waals surface area contributed by atoms with Gasteiger partial charge in [0.15, 0.2) is 5.72 Å². The van der Waals surface area contributed by atoms with E-state index in [2.05, 4.69) is 5.10 Å². The number of nitrogen functional groups attached to an aromatic ring is 1. The number of hydrazone groups is 1. The molecular weight excluding hydrogens is 290 g/mol. The first-order valence-corrected chi connectivity index (χ1v) is 7.59. The van der Waals surface area contributed by atoms with Crippen LogP contribution in [-0.2, 0) is 5.72 Å². The van der Waals surface area contributed by atoms with E-state index in [1.165, 1.54) is 5.01 Å². The number of nitrogens with two attached hydrogens (primary N) is 1. The van der Waals surface area contributed by atoms with Gasteiger partial charge >= 0.3 is 0 Å². The smallest absolute Gasteiger partial charge is 0.276 e. The van der Waals surface area contributed by atoms with Gasteiger partial charge in [-0.25, -0.2) is 0 Å². The van der Waals surface area contributed by atoms with Crippen LogP contribution in [0.4, 0.5) is 5.69 Å². The maximum Gasteiger partial charge on any atom is 0.276 e. The van der Waals surface area contributed by atoms with Crippen LogP contribution in [0.15, 0.2) is 59.7 Å². The number of hydrogen-bond acceptors (Lipinski definition) is 4. The zero-order valence-electron chi connectivity index (χ0n) is 12.9. The van der Waals surface area contributed by atoms with E-state index in [-0.39, 0.29) is 5.91 Å². The Hall–Kier alpha value is -2.66. The molecule has 0 aliphatic carbocycles. The van der Waals surface area contributed by atoms with Crippen molar-refractivity contribution in [3.8, 4) is 0 Å². The lowest BCUT2D eigenvalue weighted by atomic mass is 9.96. The topological polar surface area (TPSA) is 78.9 Å². The first-order chi connectivity index (χ1) is 11.0. The fourth-order valence-corrected chi connectivity index (χ4v) is 2.71. The van der Waals surface area contributed by atoms with Gasteiger partial charge in [-0.15, -0.1) is 0 Å². The molecule has 0 fully saturated rings. The largest absolute Gasteiger partial charge is 0.399 e. The summed E-state index contributed by atoms with van der Waals surface area (Å²) in [6.45, 7) is 1.96. The highest BCUT2D eigenvalue weighted by atomic mass is 16.3. The van der Waals surface area contributed by atoms with Crippen molar-refractivity contribution in [1.82, 2.24) is 5.01 Å². The predicted molar refractivity (Wildman–Crippen MR) is 89.7 cm³/mol. The first kappa shape index (κ1) is 15.2. The summed E-state index contributed by atoms with van der Waals surface area (Å²) in [4.78, 5) is 12.8. The summed E-state index contributed by atoms with van der Waals surface area (Å²) in [5, 5.41) is 16.7. The molecule has 0 bridgehead atoms. The normalized spacial score (nSPS) is 20.4. The number of carbonyl (C=O) groups excluding carboxylic acids is 1. The Balaban J connectivity index is 2.01. The molecule has 0 spiro atoms. The summed E-state index contributed by atoms with van der Waals surface area (Å²) in [7, 11) is 0. The van der Waals surface area contributed by atoms with Crippen LogP contribution in [0.2, 0.25) is 0 Å². The van der Waals surface area contributed by atoms with Gasteiger partial charge in [-0.2, -0.15) is 10.1 Å². The Morgan fingerprint density at radius 2 is 1.87 bits per heavy atom. The second-order valence-electron chi connectivity index (χ2n) is 5.62. The third kappa shape index (κ3) is 2.71. The van der Waals surface area contributed by atoms with Crippen LogP contribution in [0.1, 0.15) is 35.7 Å². The van der Waals surface area contributed by atoms with E-state index in [0.717, 1.165) is 5.71 Å². The fraction of sp³-hybridized carbons (Fsp3) is 0.222. The molecule has 1 aliphatic rings. The molecule has 0 saturated heterocycles. The number of aliphatic hydroxyl groups is 1. The Morgan fingerprint density at radius 1 is 1.22 bits per heavy atom. The van der Waals surface area contributed by atoms with Crippen molar-refractivity contribution in [2.75, 3.05) is 5.73 Å². The zero-order chi connectivity index (χ0) is 16.4. The van der Waals surface area contributed by atoms with E-state index in [0.29, 0.717) is 29.7 Å². The molecule has 3 rings (SSSR count). The molecule has 5 heteroatoms. The number of hydrogen-bond donors (Lipinski definition) is 2. The first-order valence-electron chi connectivity index (χ1n) is 7.59. The standard InChI is InChI=1S/C18H19N3O2/c1-2-16-12-18(23,14-6-4-3-5-7-14)21(20-16)17(22)13-8-10-15(19)11-9-13/h3-11,23H,2,12,19H2,1H3. The quantitative estimate of drug-likeness (QED) is 0.856. The number of nitrogens with zero attached hydrogens (tertiary/aromatic N) is 2. The average Bonchev–Trinajstić information content (AvgIpc) is 2.94. The van der Waals surface area contributed by atoms with Gasteiger partial charge in [0.25, 0.3) is 5.91 Å². The number of rotatable bonds is 3. The van der Waals surface area contributed by atoms with Crippen LogP contribution in [0.5, 0.6) is 0 Å². The average molecular weight is 309 g/mol. The second kappa shape index (κ2) is 5.85. The fourth-order valence-electron chi connectivity index (χ4n) is 2.71. The third-order valence-electron chi connectivity index (χ3n) is 4.04. The third-order valence-corrected chi connectivity index (χ3v) is 4.04. The molecule has 2 aromatic rings. The van der Waals surface area contributed by atoms with Gasteiger partial charge in [0, 0.05) is 28.9 Å². The summed E-state index contributed by atoms with van der Waals surface area (Å²) in [5.74, 6) is -0.347. The molecular formula is C18H19N3O2. The van der Waals surface area contributed by atoms with Gasteiger partial charge in [-0.05, 0) is 30.7 Å². The van der Waals surface area contributed by atoms with Crippen molar-refractivity contribution >= 4 is 17.3 Å². The van der Waals surface area contributed by atoms with Gasteiger partial charge in [-0.1, -0.05) is 37.3 Å². The van der Waals surface area contributed by atoms with Crippen molar-refractivity contribution in [3.05, 3.63) is 65.7 Å². The van der Waals surface area contributed by atoms with Crippen LogP contribution in [0.25, 0.3) is 0 Å². The van der Waals surface area contributed by atoms with Crippen LogP contribution in [-0.4, -0.2) is 21.7 Å². The maximum atomic E-state index is 12.8. The molecule has 1 unspecified atom stereocenters. The van der Waals surface area contributed by atoms with Gasteiger partial charge in [0.2, 0.25) is 0 Å². The van der Waals surface area contributed by atoms with E-state index >= 15 is 0 Å². The summed E-state index contributed by atoms with van der Waals surface area (Å²) >= 11 is 0. The van der Waals surface area contributed by atoms with E-state index in [1.54, 1.807) is 36.4 Å². The molecule has 1 heterocycles. The van der Waals surface area contributed by atoms with Gasteiger partial charge < -0.3 is 10.8 Å². The van der Waals surface area contributed by atoms with Crippen molar-refractivity contribution in [3.63, 3.8) is 0 Å². The number of carbonyl (C=O) groups is 1. The van der Waals surface area contributed by atoms with E-state index in [9.17, 15) is 9.90 Å². The molecule has 23 heavy (non-hydrogen) atoms. The van der Waals surface area contributed by atoms with Crippen LogP contribution < -0.4 is 5.73 Å². The Labute approximate surface area is 135 Å². The molecule has 0 aromatic heterocycles. The molecule has 5 nitrogen and oxygen atoms in total. The van der Waals surface area contributed by atoms with Crippen LogP contribution in [0.3, 0.4) is 0 Å². The lowest BCUT2D eigenvalue weighted by molar-refractivity contribution is -0.0765. The highest BCUT2D eigenvalue weighted by Gasteiger charge is 2.45. The molecule has 118 valence electrons. The van der Waals surface area contributed by atoms with Crippen LogP contribution >= 0.6 is 0 Å². The van der Waals surface area contributed by atoms with E-state index < -0.39 is 5.72 Å². The molecule has 1 atom stereocenters. The molecule has 0 radical (unpaired) electrons.